The predicted octanol–water partition coefficient (Wildman–Crippen LogP) is 5.54. The summed E-state index contributed by atoms with van der Waals surface area (Å²) in [5, 5.41) is 2.69. The number of hydrogen-bond donors (Lipinski definition) is 1. The first-order valence-electron chi connectivity index (χ1n) is 9.08. The second kappa shape index (κ2) is 7.92. The number of nitrogens with zero attached hydrogens (tertiary/aromatic N) is 1. The second-order valence-electron chi connectivity index (χ2n) is 7.12. The fourth-order valence-electron chi connectivity index (χ4n) is 2.81. The van der Waals surface area contributed by atoms with Crippen molar-refractivity contribution in [1.82, 2.24) is 10.3 Å². The zero-order chi connectivity index (χ0) is 20.4. The zero-order valence-corrected chi connectivity index (χ0v) is 16.2. The van der Waals surface area contributed by atoms with Crippen molar-refractivity contribution in [3.05, 3.63) is 76.7 Å². The molecule has 0 unspecified atom stereocenters. The molecule has 0 radical (unpaired) electrons. The largest absolute Gasteiger partial charge is 0.444 e. The molecule has 28 heavy (non-hydrogen) atoms. The number of carbonyl (C=O) groups excluding carboxylic acids is 1. The molecule has 0 spiro atoms. The number of nitrogens with one attached hydrogen (secondary N) is 1. The molecule has 3 rings (SSSR count). The Morgan fingerprint density at radius 3 is 2.39 bits per heavy atom. The molecule has 2 aromatic carbocycles. The summed E-state index contributed by atoms with van der Waals surface area (Å²) in [5.74, 6) is -1.08. The van der Waals surface area contributed by atoms with E-state index in [1.807, 2.05) is 24.3 Å². The van der Waals surface area contributed by atoms with E-state index in [0.29, 0.717) is 17.4 Å². The third-order valence-electron chi connectivity index (χ3n) is 4.69. The van der Waals surface area contributed by atoms with Crippen molar-refractivity contribution < 1.29 is 18.0 Å². The van der Waals surface area contributed by atoms with Crippen LogP contribution in [0, 0.1) is 18.6 Å². The number of aromatic nitrogens is 1. The minimum Gasteiger partial charge on any atom is -0.444 e. The molecule has 146 valence electrons. The lowest BCUT2D eigenvalue weighted by Gasteiger charge is -2.14. The van der Waals surface area contributed by atoms with Crippen LogP contribution in [0.3, 0.4) is 0 Å². The van der Waals surface area contributed by atoms with E-state index in [0.717, 1.165) is 11.1 Å². The van der Waals surface area contributed by atoms with Crippen LogP contribution in [-0.4, -0.2) is 10.9 Å². The van der Waals surface area contributed by atoms with Gasteiger partial charge in [0, 0.05) is 11.1 Å². The number of carbonyl (C=O) groups is 1. The maximum absolute atomic E-state index is 13.8. The molecule has 3 aromatic rings. The SMILES string of the molecule is Cc1c(F)cc([C@@H](C)NC(=O)c2coc(-c3cccc(C(C)C)c3)n2)cc1F. The molecule has 1 aromatic heterocycles. The average molecular weight is 384 g/mol. The summed E-state index contributed by atoms with van der Waals surface area (Å²) >= 11 is 0. The van der Waals surface area contributed by atoms with Crippen LogP contribution in [0.15, 0.2) is 47.1 Å². The number of rotatable bonds is 5. The average Bonchev–Trinajstić information content (AvgIpc) is 3.16. The highest BCUT2D eigenvalue weighted by molar-refractivity contribution is 5.92. The lowest BCUT2D eigenvalue weighted by atomic mass is 10.0. The van der Waals surface area contributed by atoms with Crippen LogP contribution in [0.5, 0.6) is 0 Å². The Hall–Kier alpha value is -3.02. The van der Waals surface area contributed by atoms with E-state index in [-0.39, 0.29) is 11.3 Å². The van der Waals surface area contributed by atoms with Crippen LogP contribution in [-0.2, 0) is 0 Å². The summed E-state index contributed by atoms with van der Waals surface area (Å²) in [5.41, 5.74) is 2.30. The fraction of sp³-hybridized carbons (Fsp3) is 0.273. The number of amides is 1. The normalized spacial score (nSPS) is 12.2. The van der Waals surface area contributed by atoms with E-state index in [1.165, 1.54) is 25.3 Å². The van der Waals surface area contributed by atoms with E-state index in [9.17, 15) is 13.6 Å². The van der Waals surface area contributed by atoms with Crippen LogP contribution in [0.2, 0.25) is 0 Å². The van der Waals surface area contributed by atoms with Crippen molar-refractivity contribution >= 4 is 5.91 Å². The standard InChI is InChI=1S/C22H22F2N2O2/c1-12(2)15-6-5-7-16(8-15)22-26-20(11-28-22)21(27)25-14(4)17-9-18(23)13(3)19(24)10-17/h5-12,14H,1-4H3,(H,25,27)/t14-/m1/s1. The van der Waals surface area contributed by atoms with Crippen molar-refractivity contribution in [3.63, 3.8) is 0 Å². The fourth-order valence-corrected chi connectivity index (χ4v) is 2.81. The van der Waals surface area contributed by atoms with E-state index in [4.69, 9.17) is 4.42 Å². The van der Waals surface area contributed by atoms with Crippen molar-refractivity contribution in [2.75, 3.05) is 0 Å². The highest BCUT2D eigenvalue weighted by Gasteiger charge is 2.18. The van der Waals surface area contributed by atoms with Gasteiger partial charge in [-0.3, -0.25) is 4.79 Å². The molecular formula is C22H22F2N2O2. The Morgan fingerprint density at radius 2 is 1.75 bits per heavy atom. The summed E-state index contributed by atoms with van der Waals surface area (Å²) < 4.78 is 33.0. The monoisotopic (exact) mass is 384 g/mol. The van der Waals surface area contributed by atoms with Gasteiger partial charge < -0.3 is 9.73 Å². The number of hydrogen-bond acceptors (Lipinski definition) is 3. The molecule has 6 heteroatoms. The minimum absolute atomic E-state index is 0.0490. The van der Waals surface area contributed by atoms with Gasteiger partial charge in [0.1, 0.15) is 17.9 Å². The van der Waals surface area contributed by atoms with Gasteiger partial charge in [0.2, 0.25) is 5.89 Å². The molecular weight excluding hydrogens is 362 g/mol. The molecule has 0 aliphatic rings. The van der Waals surface area contributed by atoms with E-state index in [1.54, 1.807) is 6.92 Å². The minimum atomic E-state index is -0.648. The maximum atomic E-state index is 13.8. The van der Waals surface area contributed by atoms with Gasteiger partial charge in [0.05, 0.1) is 6.04 Å². The third-order valence-corrected chi connectivity index (χ3v) is 4.69. The Kier molecular flexibility index (Phi) is 5.58. The maximum Gasteiger partial charge on any atom is 0.273 e. The number of oxazole rings is 1. The Balaban J connectivity index is 1.76. The van der Waals surface area contributed by atoms with Gasteiger partial charge >= 0.3 is 0 Å². The highest BCUT2D eigenvalue weighted by atomic mass is 19.1. The van der Waals surface area contributed by atoms with Crippen molar-refractivity contribution in [2.24, 2.45) is 0 Å². The van der Waals surface area contributed by atoms with Crippen molar-refractivity contribution in [2.45, 2.75) is 39.7 Å². The topological polar surface area (TPSA) is 55.1 Å². The quantitative estimate of drug-likeness (QED) is 0.628. The zero-order valence-electron chi connectivity index (χ0n) is 16.2. The summed E-state index contributed by atoms with van der Waals surface area (Å²) in [4.78, 5) is 16.7. The molecule has 0 saturated carbocycles. The van der Waals surface area contributed by atoms with Crippen LogP contribution < -0.4 is 5.32 Å². The highest BCUT2D eigenvalue weighted by Crippen LogP contribution is 2.24. The van der Waals surface area contributed by atoms with Gasteiger partial charge in [0.15, 0.2) is 5.69 Å². The van der Waals surface area contributed by atoms with Gasteiger partial charge in [-0.05, 0) is 55.2 Å². The van der Waals surface area contributed by atoms with Crippen LogP contribution in [0.25, 0.3) is 11.5 Å². The molecule has 1 atom stereocenters. The summed E-state index contributed by atoms with van der Waals surface area (Å²) in [6.07, 6.45) is 1.27. The van der Waals surface area contributed by atoms with Crippen molar-refractivity contribution in [3.8, 4) is 11.5 Å². The third kappa shape index (κ3) is 4.11. The molecule has 0 bridgehead atoms. The predicted molar refractivity (Wildman–Crippen MR) is 103 cm³/mol. The van der Waals surface area contributed by atoms with E-state index in [2.05, 4.69) is 24.1 Å². The molecule has 1 amide bonds. The molecule has 4 nitrogen and oxygen atoms in total. The first-order valence-corrected chi connectivity index (χ1v) is 9.08. The lowest BCUT2D eigenvalue weighted by Crippen LogP contribution is -2.27. The van der Waals surface area contributed by atoms with Gasteiger partial charge in [0.25, 0.3) is 5.91 Å². The summed E-state index contributed by atoms with van der Waals surface area (Å²) in [6, 6.07) is 9.60. The van der Waals surface area contributed by atoms with Crippen molar-refractivity contribution in [1.29, 1.82) is 0 Å². The van der Waals surface area contributed by atoms with Gasteiger partial charge in [-0.1, -0.05) is 26.0 Å². The Labute approximate surface area is 162 Å². The van der Waals surface area contributed by atoms with Gasteiger partial charge in [-0.25, -0.2) is 13.8 Å². The van der Waals surface area contributed by atoms with Crippen LogP contribution >= 0.6 is 0 Å². The summed E-state index contributed by atoms with van der Waals surface area (Å²) in [7, 11) is 0. The molecule has 0 aliphatic carbocycles. The van der Waals surface area contributed by atoms with Crippen LogP contribution in [0.4, 0.5) is 8.78 Å². The second-order valence-corrected chi connectivity index (χ2v) is 7.12. The van der Waals surface area contributed by atoms with Gasteiger partial charge in [-0.2, -0.15) is 0 Å². The van der Waals surface area contributed by atoms with E-state index < -0.39 is 23.6 Å². The van der Waals surface area contributed by atoms with E-state index >= 15 is 0 Å². The Morgan fingerprint density at radius 1 is 1.07 bits per heavy atom. The molecule has 0 saturated heterocycles. The number of benzene rings is 2. The lowest BCUT2D eigenvalue weighted by molar-refractivity contribution is 0.0934. The molecule has 0 aliphatic heterocycles. The molecule has 0 fully saturated rings. The number of halogens is 2. The molecule has 1 N–H and O–H groups in total. The smallest absolute Gasteiger partial charge is 0.273 e. The first-order chi connectivity index (χ1) is 13.3. The molecule has 1 heterocycles. The van der Waals surface area contributed by atoms with Gasteiger partial charge in [-0.15, -0.1) is 0 Å². The van der Waals surface area contributed by atoms with Crippen LogP contribution in [0.1, 0.15) is 59.9 Å². The Bertz CT molecular complexity index is 988. The summed E-state index contributed by atoms with van der Waals surface area (Å²) in [6.45, 7) is 7.19. The first kappa shape index (κ1) is 19.7.